The van der Waals surface area contributed by atoms with Crippen molar-refractivity contribution in [1.82, 2.24) is 4.98 Å². The number of rotatable bonds is 3. The number of pyridine rings is 1. The zero-order chi connectivity index (χ0) is 15.0. The number of nitriles is 1. The maximum absolute atomic E-state index is 8.76. The maximum Gasteiger partial charge on any atom is 0.496 e. The molecule has 6 heteroatoms. The van der Waals surface area contributed by atoms with Gasteiger partial charge in [0.05, 0.1) is 36.5 Å². The van der Waals surface area contributed by atoms with Crippen LogP contribution in [0.4, 0.5) is 0 Å². The first-order chi connectivity index (χ1) is 9.30. The Kier molecular flexibility index (Phi) is 3.76. The van der Waals surface area contributed by atoms with E-state index in [1.807, 2.05) is 33.8 Å². The molecular formula is C14H19BN2O3. The minimum absolute atomic E-state index is 0.215. The molecule has 0 N–H and O–H groups in total. The number of ether oxygens (including phenoxy) is 1. The van der Waals surface area contributed by atoms with E-state index in [-0.39, 0.29) is 6.42 Å². The molecule has 0 saturated carbocycles. The van der Waals surface area contributed by atoms with Gasteiger partial charge in [0, 0.05) is 11.7 Å². The Labute approximate surface area is 120 Å². The summed E-state index contributed by atoms with van der Waals surface area (Å²) < 4.78 is 17.2. The minimum atomic E-state index is -0.475. The first kappa shape index (κ1) is 14.8. The summed E-state index contributed by atoms with van der Waals surface area (Å²) in [4.78, 5) is 4.27. The molecule has 1 aliphatic heterocycles. The van der Waals surface area contributed by atoms with Crippen LogP contribution in [-0.4, -0.2) is 30.4 Å². The molecule has 0 unspecified atom stereocenters. The van der Waals surface area contributed by atoms with Gasteiger partial charge in [-0.05, 0) is 33.8 Å². The monoisotopic (exact) mass is 274 g/mol. The van der Waals surface area contributed by atoms with Crippen LogP contribution in [0.5, 0.6) is 5.75 Å². The van der Waals surface area contributed by atoms with Crippen LogP contribution in [-0.2, 0) is 15.7 Å². The van der Waals surface area contributed by atoms with E-state index in [1.54, 1.807) is 13.3 Å². The second-order valence-electron chi connectivity index (χ2n) is 5.84. The number of aromatic nitrogens is 1. The van der Waals surface area contributed by atoms with Crippen molar-refractivity contribution in [3.05, 3.63) is 18.0 Å². The summed E-state index contributed by atoms with van der Waals surface area (Å²) in [5.74, 6) is 0.582. The molecule has 106 valence electrons. The molecule has 1 aromatic rings. The molecule has 20 heavy (non-hydrogen) atoms. The summed E-state index contributed by atoms with van der Waals surface area (Å²) in [5.41, 5.74) is 0.629. The summed E-state index contributed by atoms with van der Waals surface area (Å²) in [6.45, 7) is 8.01. The fourth-order valence-electron chi connectivity index (χ4n) is 1.98. The van der Waals surface area contributed by atoms with Crippen LogP contribution in [0.1, 0.15) is 33.4 Å². The molecule has 0 aromatic carbocycles. The molecule has 0 amide bonds. The lowest BCUT2D eigenvalue weighted by Gasteiger charge is -2.32. The Bertz CT molecular complexity index is 536. The molecule has 1 saturated heterocycles. The Balaban J connectivity index is 2.30. The molecule has 1 aromatic heterocycles. The second kappa shape index (κ2) is 5.08. The standard InChI is InChI=1S/C14H19BN2O3/c1-13(2)14(3,4)20-15(19-13)10-8-12(18-5)11(6-7-16)17-9-10/h8-9H,6H2,1-5H3. The first-order valence-electron chi connectivity index (χ1n) is 6.56. The third-order valence-electron chi connectivity index (χ3n) is 3.94. The summed E-state index contributed by atoms with van der Waals surface area (Å²) in [5, 5.41) is 8.76. The van der Waals surface area contributed by atoms with E-state index in [2.05, 4.69) is 11.1 Å². The van der Waals surface area contributed by atoms with Gasteiger partial charge >= 0.3 is 7.12 Å². The van der Waals surface area contributed by atoms with Crippen LogP contribution in [0.2, 0.25) is 0 Å². The highest BCUT2D eigenvalue weighted by Crippen LogP contribution is 2.36. The number of methoxy groups -OCH3 is 1. The fraction of sp³-hybridized carbons (Fsp3) is 0.571. The van der Waals surface area contributed by atoms with Gasteiger partial charge in [-0.3, -0.25) is 4.98 Å². The molecule has 0 aliphatic carbocycles. The summed E-state index contributed by atoms with van der Waals surface area (Å²) in [7, 11) is 1.09. The third kappa shape index (κ3) is 2.51. The highest BCUT2D eigenvalue weighted by molar-refractivity contribution is 6.62. The van der Waals surface area contributed by atoms with Crippen LogP contribution in [0.15, 0.2) is 12.3 Å². The lowest BCUT2D eigenvalue weighted by atomic mass is 9.80. The summed E-state index contributed by atoms with van der Waals surface area (Å²) >= 11 is 0. The smallest absolute Gasteiger partial charge is 0.495 e. The predicted molar refractivity (Wildman–Crippen MR) is 75.8 cm³/mol. The van der Waals surface area contributed by atoms with Gasteiger partial charge in [-0.2, -0.15) is 5.26 Å². The minimum Gasteiger partial charge on any atom is -0.495 e. The van der Waals surface area contributed by atoms with Gasteiger partial charge in [0.25, 0.3) is 0 Å². The number of hydrogen-bond acceptors (Lipinski definition) is 5. The van der Waals surface area contributed by atoms with Crippen LogP contribution >= 0.6 is 0 Å². The van der Waals surface area contributed by atoms with Crippen molar-refractivity contribution in [3.8, 4) is 11.8 Å². The highest BCUT2D eigenvalue weighted by atomic mass is 16.7. The Hall–Kier alpha value is -1.58. The van der Waals surface area contributed by atoms with Gasteiger partial charge < -0.3 is 14.0 Å². The molecular weight excluding hydrogens is 255 g/mol. The van der Waals surface area contributed by atoms with E-state index in [4.69, 9.17) is 19.3 Å². The lowest BCUT2D eigenvalue weighted by molar-refractivity contribution is 0.00578. The van der Waals surface area contributed by atoms with Crippen LogP contribution in [0.3, 0.4) is 0 Å². The second-order valence-corrected chi connectivity index (χ2v) is 5.84. The molecule has 0 atom stereocenters. The van der Waals surface area contributed by atoms with Crippen molar-refractivity contribution in [2.24, 2.45) is 0 Å². The maximum atomic E-state index is 8.76. The molecule has 5 nitrogen and oxygen atoms in total. The molecule has 1 fully saturated rings. The molecule has 0 spiro atoms. The van der Waals surface area contributed by atoms with Crippen molar-refractivity contribution in [2.75, 3.05) is 7.11 Å². The largest absolute Gasteiger partial charge is 0.496 e. The average Bonchev–Trinajstić information content (AvgIpc) is 2.59. The van der Waals surface area contributed by atoms with Crippen molar-refractivity contribution in [1.29, 1.82) is 5.26 Å². The Morgan fingerprint density at radius 3 is 2.40 bits per heavy atom. The summed E-state index contributed by atoms with van der Waals surface area (Å²) in [6, 6.07) is 3.89. The zero-order valence-electron chi connectivity index (χ0n) is 12.6. The normalized spacial score (nSPS) is 19.7. The van der Waals surface area contributed by atoms with Crippen molar-refractivity contribution in [3.63, 3.8) is 0 Å². The van der Waals surface area contributed by atoms with Gasteiger partial charge in [0.15, 0.2) is 0 Å². The third-order valence-corrected chi connectivity index (χ3v) is 3.94. The fourth-order valence-corrected chi connectivity index (χ4v) is 1.98. The Morgan fingerprint density at radius 2 is 1.90 bits per heavy atom. The zero-order valence-corrected chi connectivity index (χ0v) is 12.6. The van der Waals surface area contributed by atoms with Crippen LogP contribution in [0.25, 0.3) is 0 Å². The van der Waals surface area contributed by atoms with E-state index >= 15 is 0 Å². The molecule has 0 radical (unpaired) electrons. The van der Waals surface area contributed by atoms with Crippen molar-refractivity contribution < 1.29 is 14.0 Å². The molecule has 2 heterocycles. The van der Waals surface area contributed by atoms with E-state index in [0.29, 0.717) is 11.4 Å². The van der Waals surface area contributed by atoms with Crippen molar-refractivity contribution >= 4 is 12.6 Å². The number of nitrogens with zero attached hydrogens (tertiary/aromatic N) is 2. The van der Waals surface area contributed by atoms with E-state index in [1.165, 1.54) is 0 Å². The summed E-state index contributed by atoms with van der Waals surface area (Å²) in [6.07, 6.45) is 1.89. The molecule has 2 rings (SSSR count). The van der Waals surface area contributed by atoms with Gasteiger partial charge in [-0.1, -0.05) is 0 Å². The van der Waals surface area contributed by atoms with Crippen molar-refractivity contribution in [2.45, 2.75) is 45.3 Å². The SMILES string of the molecule is COc1cc(B2OC(C)(C)C(C)(C)O2)cnc1CC#N. The average molecular weight is 274 g/mol. The Morgan fingerprint density at radius 1 is 1.30 bits per heavy atom. The molecule has 1 aliphatic rings. The highest BCUT2D eigenvalue weighted by Gasteiger charge is 2.51. The van der Waals surface area contributed by atoms with Gasteiger partial charge in [-0.25, -0.2) is 0 Å². The lowest BCUT2D eigenvalue weighted by Crippen LogP contribution is -2.41. The first-order valence-corrected chi connectivity index (χ1v) is 6.56. The molecule has 0 bridgehead atoms. The topological polar surface area (TPSA) is 64.4 Å². The van der Waals surface area contributed by atoms with Crippen LogP contribution < -0.4 is 10.2 Å². The predicted octanol–water partition coefficient (Wildman–Crippen LogP) is 1.46. The quantitative estimate of drug-likeness (QED) is 0.781. The van der Waals surface area contributed by atoms with E-state index < -0.39 is 18.3 Å². The van der Waals surface area contributed by atoms with Gasteiger partial charge in [-0.15, -0.1) is 0 Å². The van der Waals surface area contributed by atoms with E-state index in [9.17, 15) is 0 Å². The number of hydrogen-bond donors (Lipinski definition) is 0. The van der Waals surface area contributed by atoms with E-state index in [0.717, 1.165) is 5.46 Å². The van der Waals surface area contributed by atoms with Gasteiger partial charge in [0.2, 0.25) is 0 Å². The van der Waals surface area contributed by atoms with Gasteiger partial charge in [0.1, 0.15) is 5.75 Å². The van der Waals surface area contributed by atoms with Crippen LogP contribution in [0, 0.1) is 11.3 Å².